The molecule has 94 valence electrons. The van der Waals surface area contributed by atoms with Gasteiger partial charge in [-0.3, -0.25) is 4.79 Å². The molecule has 1 rings (SSSR count). The molecule has 2 N–H and O–H groups in total. The molecule has 0 bridgehead atoms. The van der Waals surface area contributed by atoms with Crippen LogP contribution in [0.1, 0.15) is 58.3 Å². The average Bonchev–Trinajstić information content (AvgIpc) is 2.27. The highest BCUT2D eigenvalue weighted by Crippen LogP contribution is 2.43. The summed E-state index contributed by atoms with van der Waals surface area (Å²) in [7, 11) is 0. The van der Waals surface area contributed by atoms with Crippen molar-refractivity contribution in [1.29, 1.82) is 0 Å². The van der Waals surface area contributed by atoms with Gasteiger partial charge in [0.15, 0.2) is 0 Å². The molecule has 0 aromatic rings. The summed E-state index contributed by atoms with van der Waals surface area (Å²) in [4.78, 5) is 10.8. The minimum absolute atomic E-state index is 0.233. The van der Waals surface area contributed by atoms with E-state index in [4.69, 9.17) is 10.2 Å². The van der Waals surface area contributed by atoms with Crippen molar-refractivity contribution in [2.45, 2.75) is 58.3 Å². The van der Waals surface area contributed by atoms with Crippen molar-refractivity contribution in [3.63, 3.8) is 0 Å². The van der Waals surface area contributed by atoms with E-state index < -0.39 is 5.97 Å². The van der Waals surface area contributed by atoms with Gasteiger partial charge in [-0.05, 0) is 37.5 Å². The maximum atomic E-state index is 10.8. The highest BCUT2D eigenvalue weighted by Gasteiger charge is 2.32. The van der Waals surface area contributed by atoms with E-state index in [9.17, 15) is 4.79 Å². The largest absolute Gasteiger partial charge is 0.481 e. The Balaban J connectivity index is 2.46. The Labute approximate surface area is 97.9 Å². The Morgan fingerprint density at radius 2 is 1.88 bits per heavy atom. The third kappa shape index (κ3) is 3.78. The summed E-state index contributed by atoms with van der Waals surface area (Å²) < 4.78 is 0. The van der Waals surface area contributed by atoms with E-state index in [0.717, 1.165) is 19.3 Å². The van der Waals surface area contributed by atoms with E-state index in [2.05, 4.69) is 0 Å². The van der Waals surface area contributed by atoms with Gasteiger partial charge in [0.2, 0.25) is 0 Å². The third-order valence-corrected chi connectivity index (χ3v) is 4.09. The zero-order chi connectivity index (χ0) is 12.0. The predicted molar refractivity (Wildman–Crippen MR) is 63.3 cm³/mol. The maximum Gasteiger partial charge on any atom is 0.306 e. The summed E-state index contributed by atoms with van der Waals surface area (Å²) in [6.07, 6.45) is 8.65. The quantitative estimate of drug-likeness (QED) is 0.735. The first-order valence-corrected chi connectivity index (χ1v) is 6.43. The minimum atomic E-state index is -0.699. The number of rotatable bonds is 6. The summed E-state index contributed by atoms with van der Waals surface area (Å²) in [5, 5.41) is 18.0. The molecule has 1 atom stereocenters. The molecule has 0 aliphatic heterocycles. The van der Waals surface area contributed by atoms with E-state index >= 15 is 0 Å². The second kappa shape index (κ2) is 6.24. The summed E-state index contributed by atoms with van der Waals surface area (Å²) in [6, 6.07) is 0. The third-order valence-electron chi connectivity index (χ3n) is 4.09. The molecule has 1 fully saturated rings. The second-order valence-corrected chi connectivity index (χ2v) is 5.31. The number of carboxylic acids is 1. The Morgan fingerprint density at radius 3 is 2.38 bits per heavy atom. The highest BCUT2D eigenvalue weighted by atomic mass is 16.4. The molecule has 1 unspecified atom stereocenters. The van der Waals surface area contributed by atoms with Crippen LogP contribution in [-0.4, -0.2) is 22.8 Å². The molecule has 0 spiro atoms. The summed E-state index contributed by atoms with van der Waals surface area (Å²) in [5.41, 5.74) is 0.233. The molecule has 0 amide bonds. The topological polar surface area (TPSA) is 57.5 Å². The molecule has 1 aliphatic carbocycles. The predicted octanol–water partition coefficient (Wildman–Crippen LogP) is 2.82. The molecule has 1 aliphatic rings. The standard InChI is InChI=1S/C13H24O3/c1-11(12(15)16)5-8-13(9-10-14)6-3-2-4-7-13/h11,14H,2-10H2,1H3,(H,15,16). The lowest BCUT2D eigenvalue weighted by Crippen LogP contribution is -2.27. The minimum Gasteiger partial charge on any atom is -0.481 e. The fraction of sp³-hybridized carbons (Fsp3) is 0.923. The van der Waals surface area contributed by atoms with E-state index in [0.29, 0.717) is 0 Å². The van der Waals surface area contributed by atoms with Crippen molar-refractivity contribution >= 4 is 5.97 Å². The zero-order valence-corrected chi connectivity index (χ0v) is 10.2. The van der Waals surface area contributed by atoms with Crippen LogP contribution in [0.3, 0.4) is 0 Å². The monoisotopic (exact) mass is 228 g/mol. The van der Waals surface area contributed by atoms with Gasteiger partial charge in [0.25, 0.3) is 0 Å². The lowest BCUT2D eigenvalue weighted by molar-refractivity contribution is -0.141. The van der Waals surface area contributed by atoms with Crippen molar-refractivity contribution < 1.29 is 15.0 Å². The van der Waals surface area contributed by atoms with Crippen LogP contribution in [0.15, 0.2) is 0 Å². The van der Waals surface area contributed by atoms with E-state index in [1.165, 1.54) is 32.1 Å². The molecule has 0 saturated heterocycles. The maximum absolute atomic E-state index is 10.8. The molecule has 0 aromatic heterocycles. The molecular weight excluding hydrogens is 204 g/mol. The zero-order valence-electron chi connectivity index (χ0n) is 10.2. The van der Waals surface area contributed by atoms with Gasteiger partial charge in [0.05, 0.1) is 5.92 Å². The second-order valence-electron chi connectivity index (χ2n) is 5.31. The van der Waals surface area contributed by atoms with Crippen LogP contribution in [-0.2, 0) is 4.79 Å². The average molecular weight is 228 g/mol. The number of aliphatic hydroxyl groups excluding tert-OH is 1. The Hall–Kier alpha value is -0.570. The lowest BCUT2D eigenvalue weighted by Gasteiger charge is -2.37. The van der Waals surface area contributed by atoms with Crippen LogP contribution in [0.2, 0.25) is 0 Å². The van der Waals surface area contributed by atoms with Crippen molar-refractivity contribution in [2.24, 2.45) is 11.3 Å². The summed E-state index contributed by atoms with van der Waals surface area (Å²) in [6.45, 7) is 2.01. The van der Waals surface area contributed by atoms with Crippen LogP contribution in [0.25, 0.3) is 0 Å². The Bertz CT molecular complexity index is 214. The fourth-order valence-corrected chi connectivity index (χ4v) is 2.81. The van der Waals surface area contributed by atoms with Crippen molar-refractivity contribution in [1.82, 2.24) is 0 Å². The Morgan fingerprint density at radius 1 is 1.25 bits per heavy atom. The smallest absolute Gasteiger partial charge is 0.306 e. The SMILES string of the molecule is CC(CCC1(CCO)CCCCC1)C(=O)O. The van der Waals surface area contributed by atoms with Gasteiger partial charge in [0.1, 0.15) is 0 Å². The van der Waals surface area contributed by atoms with Crippen LogP contribution < -0.4 is 0 Å². The number of hydrogen-bond donors (Lipinski definition) is 2. The Kier molecular flexibility index (Phi) is 5.26. The number of aliphatic carboxylic acids is 1. The van der Waals surface area contributed by atoms with Gasteiger partial charge in [-0.15, -0.1) is 0 Å². The number of aliphatic hydroxyl groups is 1. The van der Waals surface area contributed by atoms with Gasteiger partial charge in [-0.2, -0.15) is 0 Å². The first-order valence-electron chi connectivity index (χ1n) is 6.43. The van der Waals surface area contributed by atoms with E-state index in [1.54, 1.807) is 6.92 Å². The van der Waals surface area contributed by atoms with E-state index in [-0.39, 0.29) is 17.9 Å². The number of carboxylic acid groups (broad SMARTS) is 1. The lowest BCUT2D eigenvalue weighted by atomic mass is 9.68. The van der Waals surface area contributed by atoms with Gasteiger partial charge >= 0.3 is 5.97 Å². The van der Waals surface area contributed by atoms with Gasteiger partial charge in [-0.25, -0.2) is 0 Å². The van der Waals surface area contributed by atoms with Crippen molar-refractivity contribution in [3.8, 4) is 0 Å². The molecule has 16 heavy (non-hydrogen) atoms. The number of carbonyl (C=O) groups is 1. The van der Waals surface area contributed by atoms with Crippen LogP contribution >= 0.6 is 0 Å². The normalized spacial score (nSPS) is 21.6. The molecule has 0 aromatic carbocycles. The molecular formula is C13H24O3. The van der Waals surface area contributed by atoms with Crippen molar-refractivity contribution in [2.75, 3.05) is 6.61 Å². The molecule has 3 heteroatoms. The molecule has 1 saturated carbocycles. The van der Waals surface area contributed by atoms with Gasteiger partial charge in [-0.1, -0.05) is 26.2 Å². The molecule has 0 heterocycles. The highest BCUT2D eigenvalue weighted by molar-refractivity contribution is 5.69. The molecule has 3 nitrogen and oxygen atoms in total. The van der Waals surface area contributed by atoms with Crippen molar-refractivity contribution in [3.05, 3.63) is 0 Å². The fourth-order valence-electron chi connectivity index (χ4n) is 2.81. The summed E-state index contributed by atoms with van der Waals surface area (Å²) >= 11 is 0. The molecule has 0 radical (unpaired) electrons. The van der Waals surface area contributed by atoms with Gasteiger partial charge in [0, 0.05) is 6.61 Å². The van der Waals surface area contributed by atoms with Crippen LogP contribution in [0, 0.1) is 11.3 Å². The summed E-state index contributed by atoms with van der Waals surface area (Å²) in [5.74, 6) is -0.951. The first kappa shape index (κ1) is 13.5. The van der Waals surface area contributed by atoms with Crippen LogP contribution in [0.5, 0.6) is 0 Å². The van der Waals surface area contributed by atoms with E-state index in [1.807, 2.05) is 0 Å². The first-order chi connectivity index (χ1) is 7.59. The van der Waals surface area contributed by atoms with Crippen LogP contribution in [0.4, 0.5) is 0 Å². The van der Waals surface area contributed by atoms with Gasteiger partial charge < -0.3 is 10.2 Å². The number of hydrogen-bond acceptors (Lipinski definition) is 2.